The molecule has 2 saturated heterocycles. The van der Waals surface area contributed by atoms with Crippen LogP contribution in [-0.2, 0) is 23.7 Å². The zero-order chi connectivity index (χ0) is 19.2. The number of nitrogens with zero attached hydrogens (tertiary/aromatic N) is 1. The van der Waals surface area contributed by atoms with Gasteiger partial charge in [0.05, 0.1) is 26.2 Å². The molecule has 0 aromatic carbocycles. The summed E-state index contributed by atoms with van der Waals surface area (Å²) in [5.74, 6) is -0.308. The predicted octanol–water partition coefficient (Wildman–Crippen LogP) is 2.97. The molecule has 2 atom stereocenters. The highest BCUT2D eigenvalue weighted by atomic mass is 16.7. The third-order valence-electron chi connectivity index (χ3n) is 4.87. The fourth-order valence-electron chi connectivity index (χ4n) is 3.55. The van der Waals surface area contributed by atoms with Crippen molar-refractivity contribution >= 4 is 12.1 Å². The van der Waals surface area contributed by atoms with Gasteiger partial charge in [-0.25, -0.2) is 4.79 Å². The Bertz CT molecular complexity index is 469. The van der Waals surface area contributed by atoms with Gasteiger partial charge in [-0.15, -0.1) is 0 Å². The number of rotatable bonds is 6. The van der Waals surface area contributed by atoms with Crippen molar-refractivity contribution in [2.45, 2.75) is 64.8 Å². The van der Waals surface area contributed by atoms with Crippen molar-refractivity contribution in [1.29, 1.82) is 0 Å². The van der Waals surface area contributed by atoms with Gasteiger partial charge in [-0.3, -0.25) is 4.79 Å². The molecule has 0 aromatic heterocycles. The van der Waals surface area contributed by atoms with Crippen molar-refractivity contribution in [3.63, 3.8) is 0 Å². The molecule has 7 heteroatoms. The lowest BCUT2D eigenvalue weighted by molar-refractivity contribution is -0.149. The first-order chi connectivity index (χ1) is 12.3. The first-order valence-electron chi connectivity index (χ1n) is 9.59. The molecule has 0 aromatic rings. The summed E-state index contributed by atoms with van der Waals surface area (Å²) in [6.45, 7) is 7.85. The van der Waals surface area contributed by atoms with Crippen molar-refractivity contribution < 1.29 is 28.5 Å². The lowest BCUT2D eigenvalue weighted by atomic mass is 9.82. The number of esters is 1. The van der Waals surface area contributed by atoms with E-state index in [1.165, 1.54) is 7.11 Å². The van der Waals surface area contributed by atoms with Gasteiger partial charge in [-0.1, -0.05) is 6.42 Å². The molecule has 2 fully saturated rings. The lowest BCUT2D eigenvalue weighted by Gasteiger charge is -2.37. The van der Waals surface area contributed by atoms with Crippen LogP contribution >= 0.6 is 0 Å². The van der Waals surface area contributed by atoms with Gasteiger partial charge < -0.3 is 23.8 Å². The van der Waals surface area contributed by atoms with Crippen LogP contribution in [0.3, 0.4) is 0 Å². The van der Waals surface area contributed by atoms with E-state index in [-0.39, 0.29) is 30.2 Å². The predicted molar refractivity (Wildman–Crippen MR) is 95.6 cm³/mol. The van der Waals surface area contributed by atoms with Crippen LogP contribution in [0.25, 0.3) is 0 Å². The molecule has 1 amide bonds. The number of carbonyl (C=O) groups is 2. The van der Waals surface area contributed by atoms with E-state index < -0.39 is 5.60 Å². The first-order valence-corrected chi connectivity index (χ1v) is 9.59. The zero-order valence-electron chi connectivity index (χ0n) is 16.5. The number of hydrogen-bond acceptors (Lipinski definition) is 6. The molecule has 150 valence electrons. The number of carbonyl (C=O) groups excluding carboxylic acids is 2. The third-order valence-corrected chi connectivity index (χ3v) is 4.87. The quantitative estimate of drug-likeness (QED) is 0.528. The second-order valence-corrected chi connectivity index (χ2v) is 8.06. The van der Waals surface area contributed by atoms with Crippen molar-refractivity contribution in [2.24, 2.45) is 11.8 Å². The molecule has 0 aliphatic carbocycles. The molecule has 0 spiro atoms. The number of amides is 1. The largest absolute Gasteiger partial charge is 0.469 e. The van der Waals surface area contributed by atoms with Gasteiger partial charge in [0.25, 0.3) is 0 Å². The van der Waals surface area contributed by atoms with Crippen LogP contribution in [0.2, 0.25) is 0 Å². The molecule has 0 radical (unpaired) electrons. The van der Waals surface area contributed by atoms with E-state index in [0.717, 1.165) is 32.1 Å². The van der Waals surface area contributed by atoms with E-state index in [9.17, 15) is 9.59 Å². The number of piperidine rings is 1. The van der Waals surface area contributed by atoms with Gasteiger partial charge in [0.15, 0.2) is 6.29 Å². The Morgan fingerprint density at radius 1 is 1.12 bits per heavy atom. The minimum atomic E-state index is -0.543. The summed E-state index contributed by atoms with van der Waals surface area (Å²) >= 11 is 0. The van der Waals surface area contributed by atoms with Gasteiger partial charge in [0.1, 0.15) is 5.60 Å². The summed E-state index contributed by atoms with van der Waals surface area (Å²) in [6.07, 6.45) is 4.20. The van der Waals surface area contributed by atoms with Crippen LogP contribution < -0.4 is 0 Å². The molecule has 26 heavy (non-hydrogen) atoms. The maximum Gasteiger partial charge on any atom is 0.410 e. The molecule has 2 rings (SSSR count). The molecule has 0 N–H and O–H groups in total. The number of methoxy groups -OCH3 is 1. The number of unbranched alkanes of at least 4 members (excludes halogenated alkanes) is 1. The minimum absolute atomic E-state index is 0.0691. The second kappa shape index (κ2) is 9.55. The number of likely N-dealkylation sites (tertiary alicyclic amines) is 1. The Labute approximate surface area is 156 Å². The molecular formula is C19H33NO6. The highest BCUT2D eigenvalue weighted by Crippen LogP contribution is 2.30. The zero-order valence-corrected chi connectivity index (χ0v) is 16.5. The standard InChI is InChI=1S/C19H33NO6/c1-19(2,3)26-18(22)20-10-9-14(15(13-20)17(21)23-4)7-5-6-8-16-24-11-12-25-16/h14-16H,5-13H2,1-4H3/t14-,15+/m0/s1. The van der Waals surface area contributed by atoms with Crippen LogP contribution in [0.15, 0.2) is 0 Å². The van der Waals surface area contributed by atoms with Crippen LogP contribution in [-0.4, -0.2) is 62.3 Å². The van der Waals surface area contributed by atoms with Gasteiger partial charge in [0.2, 0.25) is 0 Å². The van der Waals surface area contributed by atoms with E-state index in [0.29, 0.717) is 26.3 Å². The first kappa shape index (κ1) is 21.0. The average molecular weight is 371 g/mol. The Kier molecular flexibility index (Phi) is 7.70. The smallest absolute Gasteiger partial charge is 0.410 e. The van der Waals surface area contributed by atoms with Crippen molar-refractivity contribution in [3.8, 4) is 0 Å². The van der Waals surface area contributed by atoms with E-state index in [2.05, 4.69) is 0 Å². The number of hydrogen-bond donors (Lipinski definition) is 0. The molecule has 2 aliphatic rings. The van der Waals surface area contributed by atoms with Crippen molar-refractivity contribution in [3.05, 3.63) is 0 Å². The maximum atomic E-state index is 12.3. The van der Waals surface area contributed by atoms with E-state index in [1.807, 2.05) is 20.8 Å². The molecule has 7 nitrogen and oxygen atoms in total. The van der Waals surface area contributed by atoms with Gasteiger partial charge in [-0.05, 0) is 52.4 Å². The fourth-order valence-corrected chi connectivity index (χ4v) is 3.55. The van der Waals surface area contributed by atoms with Gasteiger partial charge >= 0.3 is 12.1 Å². The molecule has 0 bridgehead atoms. The normalized spacial score (nSPS) is 24.5. The highest BCUT2D eigenvalue weighted by Gasteiger charge is 2.37. The summed E-state index contributed by atoms with van der Waals surface area (Å²) in [4.78, 5) is 26.2. The third kappa shape index (κ3) is 6.43. The molecule has 2 aliphatic heterocycles. The molecular weight excluding hydrogens is 338 g/mol. The monoisotopic (exact) mass is 371 g/mol. The van der Waals surface area contributed by atoms with E-state index >= 15 is 0 Å². The summed E-state index contributed by atoms with van der Waals surface area (Å²) < 4.78 is 21.3. The van der Waals surface area contributed by atoms with Crippen LogP contribution in [0.1, 0.15) is 52.9 Å². The minimum Gasteiger partial charge on any atom is -0.469 e. The Morgan fingerprint density at radius 2 is 1.77 bits per heavy atom. The van der Waals surface area contributed by atoms with Crippen LogP contribution in [0.4, 0.5) is 4.79 Å². The molecule has 0 saturated carbocycles. The SMILES string of the molecule is COC(=O)[C@@H]1CN(C(=O)OC(C)(C)C)CC[C@@H]1CCCCC1OCCO1. The summed E-state index contributed by atoms with van der Waals surface area (Å²) in [5, 5.41) is 0. The topological polar surface area (TPSA) is 74.3 Å². The summed E-state index contributed by atoms with van der Waals surface area (Å²) in [7, 11) is 1.40. The summed E-state index contributed by atoms with van der Waals surface area (Å²) in [5.41, 5.74) is -0.543. The highest BCUT2D eigenvalue weighted by molar-refractivity contribution is 5.75. The van der Waals surface area contributed by atoms with Crippen LogP contribution in [0.5, 0.6) is 0 Å². The van der Waals surface area contributed by atoms with Crippen LogP contribution in [0, 0.1) is 11.8 Å². The van der Waals surface area contributed by atoms with E-state index in [1.54, 1.807) is 4.90 Å². The van der Waals surface area contributed by atoms with Crippen molar-refractivity contribution in [1.82, 2.24) is 4.90 Å². The Balaban J connectivity index is 1.82. The van der Waals surface area contributed by atoms with Gasteiger partial charge in [-0.2, -0.15) is 0 Å². The average Bonchev–Trinajstić information content (AvgIpc) is 3.10. The summed E-state index contributed by atoms with van der Waals surface area (Å²) in [6, 6.07) is 0. The molecule has 2 heterocycles. The Morgan fingerprint density at radius 3 is 2.38 bits per heavy atom. The molecule has 0 unspecified atom stereocenters. The fraction of sp³-hybridized carbons (Fsp3) is 0.895. The Hall–Kier alpha value is -1.34. The number of ether oxygens (including phenoxy) is 4. The maximum absolute atomic E-state index is 12.3. The second-order valence-electron chi connectivity index (χ2n) is 8.06. The van der Waals surface area contributed by atoms with E-state index in [4.69, 9.17) is 18.9 Å². The van der Waals surface area contributed by atoms with Crippen molar-refractivity contribution in [2.75, 3.05) is 33.4 Å². The lowest BCUT2D eigenvalue weighted by Crippen LogP contribution is -2.48. The van der Waals surface area contributed by atoms with Gasteiger partial charge in [0, 0.05) is 13.1 Å².